The molecule has 8 nitrogen and oxygen atoms in total. The number of benzene rings is 3. The molecular weight excluding hydrogens is 539 g/mol. The van der Waals surface area contributed by atoms with E-state index >= 15 is 0 Å². The van der Waals surface area contributed by atoms with Crippen molar-refractivity contribution in [2.24, 2.45) is 5.92 Å². The van der Waals surface area contributed by atoms with E-state index in [0.29, 0.717) is 22.6 Å². The van der Waals surface area contributed by atoms with Gasteiger partial charge in [0.05, 0.1) is 26.8 Å². The first kappa shape index (κ1) is 27.9. The van der Waals surface area contributed by atoms with Gasteiger partial charge in [0, 0.05) is 29.5 Å². The van der Waals surface area contributed by atoms with Crippen molar-refractivity contribution in [1.29, 1.82) is 5.41 Å². The Bertz CT molecular complexity index is 1590. The smallest absolute Gasteiger partial charge is 0.387 e. The molecule has 1 unspecified atom stereocenters. The van der Waals surface area contributed by atoms with Crippen molar-refractivity contribution < 1.29 is 36.6 Å². The molecule has 1 saturated carbocycles. The van der Waals surface area contributed by atoms with Crippen LogP contribution in [0.3, 0.4) is 0 Å². The summed E-state index contributed by atoms with van der Waals surface area (Å²) >= 11 is 0. The number of nitrogens with zero attached hydrogens (tertiary/aromatic N) is 1. The van der Waals surface area contributed by atoms with E-state index in [-0.39, 0.29) is 41.1 Å². The van der Waals surface area contributed by atoms with Crippen molar-refractivity contribution >= 4 is 5.91 Å². The van der Waals surface area contributed by atoms with Crippen LogP contribution in [0, 0.1) is 17.1 Å². The largest absolute Gasteiger partial charge is 0.497 e. The molecule has 0 bridgehead atoms. The zero-order valence-corrected chi connectivity index (χ0v) is 22.3. The average molecular weight is 568 g/mol. The summed E-state index contributed by atoms with van der Waals surface area (Å²) in [6, 6.07) is 13.3. The lowest BCUT2D eigenvalue weighted by molar-refractivity contribution is -0.0496. The fraction of sp³-hybridized carbons (Fsp3) is 0.267. The summed E-state index contributed by atoms with van der Waals surface area (Å²) in [6.45, 7) is -3.01. The molecule has 1 aliphatic carbocycles. The average Bonchev–Trinajstić information content (AvgIpc) is 3.72. The first-order valence-electron chi connectivity index (χ1n) is 12.8. The molecule has 0 aliphatic heterocycles. The van der Waals surface area contributed by atoms with Crippen LogP contribution in [-0.2, 0) is 6.54 Å². The SMILES string of the molecule is COc1cc(OC)cc(C(NC(=O)c2cc(Cn3ccoc3=N)cc(-c3ccc(F)cc3OC(F)F)c2)C2CC2)c1. The minimum Gasteiger partial charge on any atom is -0.497 e. The number of nitrogens with one attached hydrogen (secondary N) is 2. The second-order valence-electron chi connectivity index (χ2n) is 9.71. The van der Waals surface area contributed by atoms with Gasteiger partial charge >= 0.3 is 6.61 Å². The van der Waals surface area contributed by atoms with E-state index in [1.807, 2.05) is 12.1 Å². The lowest BCUT2D eigenvalue weighted by atomic mass is 9.97. The molecule has 1 fully saturated rings. The van der Waals surface area contributed by atoms with Crippen molar-refractivity contribution in [2.45, 2.75) is 32.0 Å². The van der Waals surface area contributed by atoms with Gasteiger partial charge in [0.25, 0.3) is 11.6 Å². The molecule has 3 aromatic carbocycles. The summed E-state index contributed by atoms with van der Waals surface area (Å²) in [6.07, 6.45) is 4.79. The summed E-state index contributed by atoms with van der Waals surface area (Å²) < 4.78 is 62.3. The number of hydrogen-bond donors (Lipinski definition) is 2. The predicted octanol–water partition coefficient (Wildman–Crippen LogP) is 5.91. The number of carbonyl (C=O) groups excluding carboxylic acids is 1. The van der Waals surface area contributed by atoms with Crippen LogP contribution in [0.25, 0.3) is 11.1 Å². The maximum atomic E-state index is 13.9. The third kappa shape index (κ3) is 6.56. The number of amides is 1. The van der Waals surface area contributed by atoms with Gasteiger partial charge in [-0.2, -0.15) is 8.78 Å². The Morgan fingerprint density at radius 1 is 1.07 bits per heavy atom. The molecule has 1 atom stereocenters. The molecule has 4 aromatic rings. The lowest BCUT2D eigenvalue weighted by Gasteiger charge is -2.21. The molecule has 2 N–H and O–H groups in total. The number of oxazole rings is 1. The van der Waals surface area contributed by atoms with E-state index in [0.717, 1.165) is 30.5 Å². The van der Waals surface area contributed by atoms with Crippen molar-refractivity contribution in [3.63, 3.8) is 0 Å². The molecule has 11 heteroatoms. The van der Waals surface area contributed by atoms with Gasteiger partial charge in [-0.05, 0) is 77.9 Å². The molecule has 5 rings (SSSR count). The predicted molar refractivity (Wildman–Crippen MR) is 143 cm³/mol. The molecule has 1 heterocycles. The van der Waals surface area contributed by atoms with Crippen LogP contribution >= 0.6 is 0 Å². The highest BCUT2D eigenvalue weighted by Gasteiger charge is 2.34. The van der Waals surface area contributed by atoms with Gasteiger partial charge in [0.15, 0.2) is 0 Å². The van der Waals surface area contributed by atoms with Gasteiger partial charge in [-0.1, -0.05) is 0 Å². The second kappa shape index (κ2) is 11.8. The maximum absolute atomic E-state index is 13.9. The quantitative estimate of drug-likeness (QED) is 0.235. The molecular formula is C30H28F3N3O5. The first-order valence-corrected chi connectivity index (χ1v) is 12.8. The first-order chi connectivity index (χ1) is 19.7. The topological polar surface area (TPSA) is 98.7 Å². The highest BCUT2D eigenvalue weighted by Crippen LogP contribution is 2.43. The number of hydrogen-bond acceptors (Lipinski definition) is 6. The van der Waals surface area contributed by atoms with Crippen molar-refractivity contribution in [1.82, 2.24) is 9.88 Å². The van der Waals surface area contributed by atoms with E-state index in [1.54, 1.807) is 44.7 Å². The van der Waals surface area contributed by atoms with Crippen LogP contribution in [0.5, 0.6) is 17.2 Å². The number of rotatable bonds is 11. The lowest BCUT2D eigenvalue weighted by Crippen LogP contribution is -2.30. The number of ether oxygens (including phenoxy) is 3. The third-order valence-electron chi connectivity index (χ3n) is 6.87. The van der Waals surface area contributed by atoms with E-state index in [4.69, 9.17) is 19.3 Å². The van der Waals surface area contributed by atoms with Gasteiger partial charge in [-0.3, -0.25) is 14.8 Å². The van der Waals surface area contributed by atoms with E-state index < -0.39 is 18.3 Å². The van der Waals surface area contributed by atoms with Crippen LogP contribution in [0.1, 0.15) is 40.4 Å². The highest BCUT2D eigenvalue weighted by atomic mass is 19.3. The van der Waals surface area contributed by atoms with Crippen molar-refractivity contribution in [2.75, 3.05) is 14.2 Å². The zero-order chi connectivity index (χ0) is 29.1. The Balaban J connectivity index is 1.55. The Labute approximate surface area is 233 Å². The van der Waals surface area contributed by atoms with Gasteiger partial charge in [-0.25, -0.2) is 4.39 Å². The molecule has 1 aromatic heterocycles. The summed E-state index contributed by atoms with van der Waals surface area (Å²) in [5, 5.41) is 11.1. The van der Waals surface area contributed by atoms with E-state index in [9.17, 15) is 18.0 Å². The van der Waals surface area contributed by atoms with Crippen molar-refractivity contribution in [3.05, 3.63) is 95.2 Å². The molecule has 0 saturated heterocycles. The monoisotopic (exact) mass is 567 g/mol. The number of methoxy groups -OCH3 is 2. The Hall–Kier alpha value is -4.67. The summed E-state index contributed by atoms with van der Waals surface area (Å²) in [7, 11) is 3.11. The minimum atomic E-state index is -3.17. The van der Waals surface area contributed by atoms with Crippen molar-refractivity contribution in [3.8, 4) is 28.4 Å². The van der Waals surface area contributed by atoms with Crippen LogP contribution in [-0.4, -0.2) is 31.3 Å². The number of alkyl halides is 2. The molecule has 214 valence electrons. The normalized spacial score (nSPS) is 13.6. The Morgan fingerprint density at radius 2 is 1.80 bits per heavy atom. The molecule has 1 amide bonds. The summed E-state index contributed by atoms with van der Waals surface area (Å²) in [4.78, 5) is 13.7. The number of carbonyl (C=O) groups is 1. The molecule has 1 aliphatic rings. The molecule has 41 heavy (non-hydrogen) atoms. The summed E-state index contributed by atoms with van der Waals surface area (Å²) in [5.74, 6) is -0.0980. The van der Waals surface area contributed by atoms with Crippen LogP contribution < -0.4 is 25.2 Å². The highest BCUT2D eigenvalue weighted by molar-refractivity contribution is 5.96. The third-order valence-corrected chi connectivity index (χ3v) is 6.87. The number of aromatic nitrogens is 1. The summed E-state index contributed by atoms with van der Waals surface area (Å²) in [5.41, 5.74) is 2.11. The minimum absolute atomic E-state index is 0.106. The van der Waals surface area contributed by atoms with Crippen LogP contribution in [0.15, 0.2) is 71.5 Å². The van der Waals surface area contributed by atoms with Gasteiger partial charge in [0.1, 0.15) is 29.3 Å². The number of halogens is 3. The van der Waals surface area contributed by atoms with E-state index in [2.05, 4.69) is 10.1 Å². The van der Waals surface area contributed by atoms with E-state index in [1.165, 1.54) is 16.9 Å². The Kier molecular flexibility index (Phi) is 8.04. The molecule has 0 radical (unpaired) electrons. The maximum Gasteiger partial charge on any atom is 0.387 e. The van der Waals surface area contributed by atoms with Gasteiger partial charge < -0.3 is 23.9 Å². The molecule has 0 spiro atoms. The van der Waals surface area contributed by atoms with Crippen LogP contribution in [0.2, 0.25) is 0 Å². The fourth-order valence-electron chi connectivity index (χ4n) is 4.76. The van der Waals surface area contributed by atoms with Crippen LogP contribution in [0.4, 0.5) is 13.2 Å². The Morgan fingerprint density at radius 3 is 2.41 bits per heavy atom. The zero-order valence-electron chi connectivity index (χ0n) is 22.3. The fourth-order valence-corrected chi connectivity index (χ4v) is 4.76. The van der Waals surface area contributed by atoms with Gasteiger partial charge in [-0.15, -0.1) is 0 Å². The standard InChI is InChI=1S/C30H28F3N3O5/c1-38-23-12-20(13-24(15-23)39-2)27(18-3-4-18)35-28(37)21-10-17(16-36-7-8-40-30(36)34)9-19(11-21)25-6-5-22(31)14-26(25)41-29(32)33/h5-15,18,27,29,34H,3-4,16H2,1-2H3,(H,35,37). The second-order valence-corrected chi connectivity index (χ2v) is 9.71. The van der Waals surface area contributed by atoms with Gasteiger partial charge in [0.2, 0.25) is 0 Å².